The van der Waals surface area contributed by atoms with Crippen molar-refractivity contribution in [3.05, 3.63) is 23.3 Å². The highest BCUT2D eigenvalue weighted by molar-refractivity contribution is 7.80. The summed E-state index contributed by atoms with van der Waals surface area (Å²) < 4.78 is 62.6. The Bertz CT molecular complexity index is 577. The second-order valence-electron chi connectivity index (χ2n) is 4.89. The molecule has 0 saturated carbocycles. The lowest BCUT2D eigenvalue weighted by molar-refractivity contribution is -0.138. The molecule has 0 spiro atoms. The van der Waals surface area contributed by atoms with Crippen LogP contribution in [0.3, 0.4) is 0 Å². The molecule has 22 heavy (non-hydrogen) atoms. The van der Waals surface area contributed by atoms with E-state index in [9.17, 15) is 17.6 Å². The highest BCUT2D eigenvalue weighted by Crippen LogP contribution is 2.42. The average molecular weight is 337 g/mol. The summed E-state index contributed by atoms with van der Waals surface area (Å²) in [6, 6.07) is 2.29. The lowest BCUT2D eigenvalue weighted by Crippen LogP contribution is -2.28. The van der Waals surface area contributed by atoms with Gasteiger partial charge in [0.1, 0.15) is 16.7 Å². The van der Waals surface area contributed by atoms with Crippen LogP contribution in [0.25, 0.3) is 0 Å². The van der Waals surface area contributed by atoms with Crippen LogP contribution in [-0.2, 0) is 6.18 Å². The maximum Gasteiger partial charge on any atom is 0.420 e. The Morgan fingerprint density at radius 3 is 2.41 bits per heavy atom. The fourth-order valence-electron chi connectivity index (χ4n) is 2.38. The predicted molar refractivity (Wildman–Crippen MR) is 77.3 cm³/mol. The monoisotopic (exact) mass is 337 g/mol. The Labute approximate surface area is 130 Å². The molecule has 1 fully saturated rings. The summed E-state index contributed by atoms with van der Waals surface area (Å²) in [6.45, 7) is 0.476. The number of rotatable bonds is 3. The van der Waals surface area contributed by atoms with Crippen molar-refractivity contribution < 1.29 is 27.0 Å². The maximum atomic E-state index is 13.3. The molecule has 3 nitrogen and oxygen atoms in total. The number of benzene rings is 1. The van der Waals surface area contributed by atoms with Gasteiger partial charge in [0.05, 0.1) is 20.8 Å². The van der Waals surface area contributed by atoms with E-state index in [1.54, 1.807) is 4.90 Å². The van der Waals surface area contributed by atoms with Crippen molar-refractivity contribution in [3.63, 3.8) is 0 Å². The zero-order valence-corrected chi connectivity index (χ0v) is 12.9. The standard InChI is InChI=1S/C14H15F4NO2S/c1-20-11-6-8(13(22)19-4-3-9(15)7-19)5-10(12(11)21-2)14(16,17)18/h5-6,9H,3-4,7H2,1-2H3/t9-/m0/s1. The van der Waals surface area contributed by atoms with Gasteiger partial charge in [0.15, 0.2) is 11.5 Å². The van der Waals surface area contributed by atoms with Crippen molar-refractivity contribution in [1.82, 2.24) is 4.90 Å². The van der Waals surface area contributed by atoms with E-state index < -0.39 is 23.7 Å². The average Bonchev–Trinajstić information content (AvgIpc) is 2.90. The van der Waals surface area contributed by atoms with Crippen LogP contribution in [0.4, 0.5) is 17.6 Å². The number of alkyl halides is 4. The van der Waals surface area contributed by atoms with Crippen LogP contribution >= 0.6 is 12.2 Å². The summed E-state index contributed by atoms with van der Waals surface area (Å²) in [5, 5.41) is 0. The molecule has 2 rings (SSSR count). The molecule has 0 unspecified atom stereocenters. The lowest BCUT2D eigenvalue weighted by Gasteiger charge is -2.21. The number of nitrogens with zero attached hydrogens (tertiary/aromatic N) is 1. The molecule has 1 aliphatic rings. The first-order valence-corrected chi connectivity index (χ1v) is 6.95. The smallest absolute Gasteiger partial charge is 0.420 e. The Balaban J connectivity index is 2.46. The Hall–Kier alpha value is -1.57. The molecule has 0 N–H and O–H groups in total. The molecular formula is C14H15F4NO2S. The van der Waals surface area contributed by atoms with Crippen LogP contribution in [0.5, 0.6) is 11.5 Å². The molecule has 0 bridgehead atoms. The lowest BCUT2D eigenvalue weighted by atomic mass is 10.1. The van der Waals surface area contributed by atoms with Crippen molar-refractivity contribution in [2.24, 2.45) is 0 Å². The summed E-state index contributed by atoms with van der Waals surface area (Å²) in [5.74, 6) is -0.461. The molecule has 1 aliphatic heterocycles. The molecular weight excluding hydrogens is 322 g/mol. The van der Waals surface area contributed by atoms with E-state index in [2.05, 4.69) is 0 Å². The van der Waals surface area contributed by atoms with Gasteiger partial charge in [-0.1, -0.05) is 12.2 Å². The largest absolute Gasteiger partial charge is 0.493 e. The third kappa shape index (κ3) is 3.26. The number of halogens is 4. The topological polar surface area (TPSA) is 21.7 Å². The van der Waals surface area contributed by atoms with E-state index in [1.165, 1.54) is 13.2 Å². The van der Waals surface area contributed by atoms with Gasteiger partial charge in [0.25, 0.3) is 0 Å². The van der Waals surface area contributed by atoms with Crippen LogP contribution in [0.2, 0.25) is 0 Å². The minimum atomic E-state index is -4.61. The van der Waals surface area contributed by atoms with Crippen molar-refractivity contribution in [2.75, 3.05) is 27.3 Å². The van der Waals surface area contributed by atoms with E-state index in [0.717, 1.165) is 13.2 Å². The second-order valence-corrected chi connectivity index (χ2v) is 5.28. The number of methoxy groups -OCH3 is 2. The van der Waals surface area contributed by atoms with Gasteiger partial charge in [-0.2, -0.15) is 13.2 Å². The van der Waals surface area contributed by atoms with E-state index in [4.69, 9.17) is 21.7 Å². The fraction of sp³-hybridized carbons (Fsp3) is 0.500. The van der Waals surface area contributed by atoms with E-state index in [0.29, 0.717) is 13.0 Å². The van der Waals surface area contributed by atoms with Crippen LogP contribution in [0, 0.1) is 0 Å². The highest BCUT2D eigenvalue weighted by Gasteiger charge is 2.37. The number of hydrogen-bond acceptors (Lipinski definition) is 3. The number of likely N-dealkylation sites (tertiary alicyclic amines) is 1. The van der Waals surface area contributed by atoms with Gasteiger partial charge in [-0.05, 0) is 18.6 Å². The first kappa shape index (κ1) is 16.8. The molecule has 0 aromatic heterocycles. The zero-order valence-electron chi connectivity index (χ0n) is 12.0. The van der Waals surface area contributed by atoms with E-state index in [-0.39, 0.29) is 22.8 Å². The predicted octanol–water partition coefficient (Wildman–Crippen LogP) is 3.44. The third-order valence-corrected chi connectivity index (χ3v) is 3.94. The van der Waals surface area contributed by atoms with Gasteiger partial charge in [0.2, 0.25) is 0 Å². The Kier molecular flexibility index (Phi) is 4.79. The summed E-state index contributed by atoms with van der Waals surface area (Å²) >= 11 is 5.20. The first-order chi connectivity index (χ1) is 10.3. The van der Waals surface area contributed by atoms with Gasteiger partial charge >= 0.3 is 6.18 Å². The van der Waals surface area contributed by atoms with E-state index >= 15 is 0 Å². The maximum absolute atomic E-state index is 13.3. The zero-order chi connectivity index (χ0) is 16.5. The quantitative estimate of drug-likeness (QED) is 0.622. The third-order valence-electron chi connectivity index (χ3n) is 3.45. The summed E-state index contributed by atoms with van der Waals surface area (Å²) in [7, 11) is 2.39. The summed E-state index contributed by atoms with van der Waals surface area (Å²) in [6.07, 6.45) is -5.31. The number of ether oxygens (including phenoxy) is 2. The van der Waals surface area contributed by atoms with Crippen molar-refractivity contribution in [3.8, 4) is 11.5 Å². The van der Waals surface area contributed by atoms with Crippen molar-refractivity contribution in [1.29, 1.82) is 0 Å². The molecule has 1 saturated heterocycles. The Morgan fingerprint density at radius 1 is 1.27 bits per heavy atom. The second kappa shape index (κ2) is 6.28. The van der Waals surface area contributed by atoms with Gasteiger partial charge in [-0.15, -0.1) is 0 Å². The molecule has 1 atom stereocenters. The summed E-state index contributed by atoms with van der Waals surface area (Å²) in [4.78, 5) is 1.73. The molecule has 0 aliphatic carbocycles. The van der Waals surface area contributed by atoms with Gasteiger partial charge in [0, 0.05) is 12.1 Å². The minimum Gasteiger partial charge on any atom is -0.493 e. The molecule has 1 heterocycles. The van der Waals surface area contributed by atoms with Gasteiger partial charge in [-0.3, -0.25) is 0 Å². The summed E-state index contributed by atoms with van der Waals surface area (Å²) in [5.41, 5.74) is -0.809. The highest BCUT2D eigenvalue weighted by atomic mass is 32.1. The number of thiocarbonyl (C=S) groups is 1. The van der Waals surface area contributed by atoms with Gasteiger partial charge in [-0.25, -0.2) is 4.39 Å². The SMILES string of the molecule is COc1cc(C(=S)N2CC[C@H](F)C2)cc(C(F)(F)F)c1OC. The van der Waals surface area contributed by atoms with E-state index in [1.807, 2.05) is 0 Å². The fourth-order valence-corrected chi connectivity index (χ4v) is 2.67. The molecule has 8 heteroatoms. The Morgan fingerprint density at radius 2 is 1.95 bits per heavy atom. The normalized spacial score (nSPS) is 18.5. The molecule has 122 valence electrons. The number of hydrogen-bond donors (Lipinski definition) is 0. The van der Waals surface area contributed by atoms with Gasteiger partial charge < -0.3 is 14.4 Å². The van der Waals surface area contributed by atoms with Crippen molar-refractivity contribution in [2.45, 2.75) is 18.8 Å². The van der Waals surface area contributed by atoms with Crippen molar-refractivity contribution >= 4 is 17.2 Å². The first-order valence-electron chi connectivity index (χ1n) is 6.54. The molecule has 0 amide bonds. The molecule has 1 aromatic carbocycles. The van der Waals surface area contributed by atoms with Crippen LogP contribution in [0.15, 0.2) is 12.1 Å². The van der Waals surface area contributed by atoms with Crippen LogP contribution < -0.4 is 9.47 Å². The molecule has 0 radical (unpaired) electrons. The molecule has 1 aromatic rings. The minimum absolute atomic E-state index is 0.0642. The van der Waals surface area contributed by atoms with Crippen LogP contribution in [-0.4, -0.2) is 43.4 Å². The van der Waals surface area contributed by atoms with Crippen LogP contribution in [0.1, 0.15) is 17.5 Å².